The molecular weight excluding hydrogens is 228 g/mol. The maximum atomic E-state index is 11.7. The van der Waals surface area contributed by atoms with E-state index in [4.69, 9.17) is 10.5 Å². The lowest BCUT2D eigenvalue weighted by molar-refractivity contribution is -0.145. The van der Waals surface area contributed by atoms with Crippen LogP contribution >= 0.6 is 0 Å². The van der Waals surface area contributed by atoms with E-state index in [1.807, 2.05) is 6.92 Å². The van der Waals surface area contributed by atoms with Crippen molar-refractivity contribution in [2.24, 2.45) is 11.7 Å². The Kier molecular flexibility index (Phi) is 5.01. The summed E-state index contributed by atoms with van der Waals surface area (Å²) in [5.41, 5.74) is 5.90. The minimum absolute atomic E-state index is 0.0780. The van der Waals surface area contributed by atoms with Crippen molar-refractivity contribution in [1.82, 2.24) is 4.90 Å². The van der Waals surface area contributed by atoms with Crippen molar-refractivity contribution in [3.8, 4) is 0 Å². The third-order valence-electron chi connectivity index (χ3n) is 4.23. The second-order valence-electron chi connectivity index (χ2n) is 5.56. The molecule has 0 bridgehead atoms. The predicted octanol–water partition coefficient (Wildman–Crippen LogP) is 1.53. The molecular formula is C14H26N2O2. The summed E-state index contributed by atoms with van der Waals surface area (Å²) in [6.07, 6.45) is 7.43. The minimum Gasteiger partial charge on any atom is -0.465 e. The van der Waals surface area contributed by atoms with E-state index in [2.05, 4.69) is 4.90 Å². The Morgan fingerprint density at radius 1 is 1.28 bits per heavy atom. The smallest absolute Gasteiger partial charge is 0.320 e. The molecule has 104 valence electrons. The molecule has 0 aliphatic heterocycles. The number of nitrogens with two attached hydrogens (primary N) is 1. The summed E-state index contributed by atoms with van der Waals surface area (Å²) in [6.45, 7) is 3.54. The lowest BCUT2D eigenvalue weighted by Gasteiger charge is -2.39. The number of rotatable bonds is 6. The van der Waals surface area contributed by atoms with Crippen LogP contribution in [0.5, 0.6) is 0 Å². The third-order valence-corrected chi connectivity index (χ3v) is 4.23. The van der Waals surface area contributed by atoms with Gasteiger partial charge in [-0.25, -0.2) is 0 Å². The van der Waals surface area contributed by atoms with Crippen LogP contribution in [-0.2, 0) is 9.53 Å². The number of hydrogen-bond donors (Lipinski definition) is 1. The van der Waals surface area contributed by atoms with E-state index in [-0.39, 0.29) is 5.97 Å². The molecule has 0 radical (unpaired) electrons. The van der Waals surface area contributed by atoms with Crippen molar-refractivity contribution in [3.05, 3.63) is 0 Å². The summed E-state index contributed by atoms with van der Waals surface area (Å²) < 4.78 is 5.10. The van der Waals surface area contributed by atoms with E-state index in [1.54, 1.807) is 0 Å². The highest BCUT2D eigenvalue weighted by Gasteiger charge is 2.39. The Morgan fingerprint density at radius 3 is 2.61 bits per heavy atom. The van der Waals surface area contributed by atoms with Crippen molar-refractivity contribution in [3.63, 3.8) is 0 Å². The minimum atomic E-state index is -0.0780. The van der Waals surface area contributed by atoms with Gasteiger partial charge in [0.1, 0.15) is 0 Å². The van der Waals surface area contributed by atoms with Gasteiger partial charge in [0.25, 0.3) is 0 Å². The quantitative estimate of drug-likeness (QED) is 0.730. The third kappa shape index (κ3) is 3.45. The number of nitrogens with zero attached hydrogens (tertiary/aromatic N) is 1. The molecule has 2 saturated carbocycles. The van der Waals surface area contributed by atoms with Gasteiger partial charge in [-0.2, -0.15) is 0 Å². The van der Waals surface area contributed by atoms with Crippen LogP contribution in [0.25, 0.3) is 0 Å². The van der Waals surface area contributed by atoms with E-state index in [1.165, 1.54) is 38.5 Å². The van der Waals surface area contributed by atoms with Crippen molar-refractivity contribution >= 4 is 5.97 Å². The van der Waals surface area contributed by atoms with Gasteiger partial charge >= 0.3 is 5.97 Å². The topological polar surface area (TPSA) is 55.6 Å². The van der Waals surface area contributed by atoms with Gasteiger partial charge in [0.2, 0.25) is 0 Å². The summed E-state index contributed by atoms with van der Waals surface area (Å²) in [5.74, 6) is 0.486. The van der Waals surface area contributed by atoms with Crippen molar-refractivity contribution < 1.29 is 9.53 Å². The molecule has 0 saturated heterocycles. The van der Waals surface area contributed by atoms with Gasteiger partial charge in [-0.15, -0.1) is 0 Å². The van der Waals surface area contributed by atoms with E-state index >= 15 is 0 Å². The summed E-state index contributed by atoms with van der Waals surface area (Å²) in [7, 11) is 0. The maximum absolute atomic E-state index is 11.7. The van der Waals surface area contributed by atoms with Gasteiger partial charge in [0.15, 0.2) is 0 Å². The Morgan fingerprint density at radius 2 is 2.00 bits per heavy atom. The molecule has 4 nitrogen and oxygen atoms in total. The van der Waals surface area contributed by atoms with E-state index in [9.17, 15) is 4.79 Å². The first-order valence-electron chi connectivity index (χ1n) is 7.37. The van der Waals surface area contributed by atoms with Gasteiger partial charge < -0.3 is 10.5 Å². The number of carbonyl (C=O) groups is 1. The molecule has 0 aromatic carbocycles. The summed E-state index contributed by atoms with van der Waals surface area (Å²) >= 11 is 0. The normalized spacial score (nSPS) is 28.4. The van der Waals surface area contributed by atoms with Crippen LogP contribution in [0.4, 0.5) is 0 Å². The average Bonchev–Trinajstić information content (AvgIpc) is 3.20. The maximum Gasteiger partial charge on any atom is 0.320 e. The Balaban J connectivity index is 1.97. The van der Waals surface area contributed by atoms with Crippen molar-refractivity contribution in [2.45, 2.75) is 57.5 Å². The van der Waals surface area contributed by atoms with Gasteiger partial charge in [-0.3, -0.25) is 9.69 Å². The zero-order valence-corrected chi connectivity index (χ0v) is 11.4. The molecule has 2 N–H and O–H groups in total. The van der Waals surface area contributed by atoms with E-state index < -0.39 is 0 Å². The summed E-state index contributed by atoms with van der Waals surface area (Å²) in [6, 6.07) is 1.10. The highest BCUT2D eigenvalue weighted by molar-refractivity contribution is 5.71. The molecule has 2 unspecified atom stereocenters. The Hall–Kier alpha value is -0.610. The number of hydrogen-bond acceptors (Lipinski definition) is 4. The molecule has 2 aliphatic rings. The molecule has 18 heavy (non-hydrogen) atoms. The molecule has 0 heterocycles. The molecule has 0 spiro atoms. The number of esters is 1. The Bertz CT molecular complexity index is 279. The van der Waals surface area contributed by atoms with Crippen LogP contribution < -0.4 is 5.73 Å². The first kappa shape index (κ1) is 13.8. The molecule has 2 fully saturated rings. The Labute approximate surface area is 110 Å². The van der Waals surface area contributed by atoms with Crippen LogP contribution in [0, 0.1) is 5.92 Å². The predicted molar refractivity (Wildman–Crippen MR) is 71.2 cm³/mol. The van der Waals surface area contributed by atoms with Crippen molar-refractivity contribution in [2.75, 3.05) is 19.7 Å². The van der Waals surface area contributed by atoms with Crippen LogP contribution in [-0.4, -0.2) is 42.6 Å². The molecule has 2 atom stereocenters. The van der Waals surface area contributed by atoms with E-state index in [0.29, 0.717) is 31.2 Å². The highest BCUT2D eigenvalue weighted by atomic mass is 16.5. The fourth-order valence-corrected chi connectivity index (χ4v) is 3.18. The standard InChI is InChI=1S/C14H26N2O2/c1-2-18-14(17)10-16(12-7-8-12)13-6-4-3-5-11(13)9-15/h11-13H,2-10,15H2,1H3. The average molecular weight is 254 g/mol. The molecule has 0 aromatic rings. The molecule has 4 heteroatoms. The van der Waals surface area contributed by atoms with Gasteiger partial charge in [-0.05, 0) is 45.1 Å². The molecule has 0 amide bonds. The number of carbonyl (C=O) groups excluding carboxylic acids is 1. The largest absolute Gasteiger partial charge is 0.465 e. The summed E-state index contributed by atoms with van der Waals surface area (Å²) in [5, 5.41) is 0. The second-order valence-corrected chi connectivity index (χ2v) is 5.56. The number of ether oxygens (including phenoxy) is 1. The van der Waals surface area contributed by atoms with Crippen LogP contribution in [0.2, 0.25) is 0 Å². The lowest BCUT2D eigenvalue weighted by atomic mass is 9.83. The SMILES string of the molecule is CCOC(=O)CN(C1CC1)C1CCCCC1CN. The first-order chi connectivity index (χ1) is 8.76. The zero-order chi connectivity index (χ0) is 13.0. The highest BCUT2D eigenvalue weighted by Crippen LogP contribution is 2.35. The van der Waals surface area contributed by atoms with Gasteiger partial charge in [0.05, 0.1) is 13.2 Å². The van der Waals surface area contributed by atoms with Crippen LogP contribution in [0.1, 0.15) is 45.4 Å². The van der Waals surface area contributed by atoms with Gasteiger partial charge in [0, 0.05) is 12.1 Å². The summed E-state index contributed by atoms with van der Waals surface area (Å²) in [4.78, 5) is 14.1. The van der Waals surface area contributed by atoms with E-state index in [0.717, 1.165) is 6.54 Å². The first-order valence-corrected chi connectivity index (χ1v) is 7.37. The fourth-order valence-electron chi connectivity index (χ4n) is 3.18. The molecule has 2 aliphatic carbocycles. The zero-order valence-electron chi connectivity index (χ0n) is 11.4. The monoisotopic (exact) mass is 254 g/mol. The van der Waals surface area contributed by atoms with Crippen molar-refractivity contribution in [1.29, 1.82) is 0 Å². The molecule has 0 aromatic heterocycles. The second kappa shape index (κ2) is 6.53. The fraction of sp³-hybridized carbons (Fsp3) is 0.929. The van der Waals surface area contributed by atoms with Crippen LogP contribution in [0.15, 0.2) is 0 Å². The van der Waals surface area contributed by atoms with Gasteiger partial charge in [-0.1, -0.05) is 12.8 Å². The van der Waals surface area contributed by atoms with Crippen LogP contribution in [0.3, 0.4) is 0 Å². The lowest BCUT2D eigenvalue weighted by Crippen LogP contribution is -2.48. The molecule has 2 rings (SSSR count).